The lowest BCUT2D eigenvalue weighted by molar-refractivity contribution is -0.329. The van der Waals surface area contributed by atoms with Crippen LogP contribution in [0.1, 0.15) is 44.3 Å². The molecule has 0 saturated heterocycles. The minimum atomic E-state index is -4.70. The molecule has 3 fully saturated rings. The quantitative estimate of drug-likeness (QED) is 0.603. The topological polar surface area (TPSA) is 94.8 Å². The summed E-state index contributed by atoms with van der Waals surface area (Å²) < 4.78 is 53.3. The Morgan fingerprint density at radius 2 is 2.15 bits per heavy atom. The molecular weight excluding hydrogens is 479 g/mol. The summed E-state index contributed by atoms with van der Waals surface area (Å²) in [7, 11) is 0. The van der Waals surface area contributed by atoms with Crippen molar-refractivity contribution in [2.45, 2.75) is 68.4 Å². The first-order valence-electron chi connectivity index (χ1n) is 10.8. The van der Waals surface area contributed by atoms with E-state index in [0.29, 0.717) is 41.3 Å². The number of aliphatic hydroxyl groups excluding tert-OH is 1. The fraction of sp³-hybridized carbons (Fsp3) is 0.545. The summed E-state index contributed by atoms with van der Waals surface area (Å²) in [6, 6.07) is 4.92. The Bertz CT molecular complexity index is 1090. The van der Waals surface area contributed by atoms with Gasteiger partial charge in [-0.25, -0.2) is 0 Å². The van der Waals surface area contributed by atoms with Gasteiger partial charge in [0.2, 0.25) is 0 Å². The number of halogens is 4. The van der Waals surface area contributed by atoms with E-state index < -0.39 is 31.3 Å². The molecule has 1 amide bonds. The van der Waals surface area contributed by atoms with E-state index in [1.54, 1.807) is 29.1 Å². The lowest BCUT2D eigenvalue weighted by atomic mass is 9.44. The minimum absolute atomic E-state index is 0.135. The summed E-state index contributed by atoms with van der Waals surface area (Å²) in [6.45, 7) is 0.857. The lowest BCUT2D eigenvalue weighted by Crippen LogP contribution is -2.79. The molecule has 4 aliphatic rings. The number of fused-ring (bicyclic) bond motifs is 1. The van der Waals surface area contributed by atoms with Crippen LogP contribution in [0.2, 0.25) is 5.02 Å². The molecule has 8 nitrogen and oxygen atoms in total. The van der Waals surface area contributed by atoms with Crippen LogP contribution in [0.5, 0.6) is 11.5 Å². The third kappa shape index (κ3) is 4.32. The predicted octanol–water partition coefficient (Wildman–Crippen LogP) is 3.47. The number of rotatable bonds is 7. The summed E-state index contributed by atoms with van der Waals surface area (Å²) in [5.41, 5.74) is -0.0411. The molecule has 1 aromatic carbocycles. The average Bonchev–Trinajstić information content (AvgIpc) is 3.15. The van der Waals surface area contributed by atoms with Gasteiger partial charge in [-0.15, -0.1) is 13.2 Å². The molecule has 2 heterocycles. The highest BCUT2D eigenvalue weighted by Gasteiger charge is 2.70. The van der Waals surface area contributed by atoms with Gasteiger partial charge in [-0.3, -0.25) is 14.2 Å². The number of nitrogens with one attached hydrogen (secondary N) is 1. The molecule has 0 radical (unpaired) electrons. The van der Waals surface area contributed by atoms with E-state index in [1.165, 1.54) is 13.1 Å². The average molecular weight is 502 g/mol. The Morgan fingerprint density at radius 1 is 1.41 bits per heavy atom. The molecule has 6 rings (SSSR count). The minimum Gasteiger partial charge on any atom is -0.485 e. The number of benzene rings is 1. The molecule has 1 aliphatic heterocycles. The van der Waals surface area contributed by atoms with Crippen molar-refractivity contribution in [3.63, 3.8) is 0 Å². The summed E-state index contributed by atoms with van der Waals surface area (Å²) in [5, 5.41) is 18.3. The van der Waals surface area contributed by atoms with Crippen LogP contribution in [0.25, 0.3) is 0 Å². The molecule has 2 N–H and O–H groups in total. The van der Waals surface area contributed by atoms with Crippen LogP contribution in [0.3, 0.4) is 0 Å². The summed E-state index contributed by atoms with van der Waals surface area (Å²) in [6.07, 6.45) is -1.91. The van der Waals surface area contributed by atoms with Gasteiger partial charge >= 0.3 is 6.36 Å². The van der Waals surface area contributed by atoms with Crippen LogP contribution < -0.4 is 14.8 Å². The number of hydrogen-bond donors (Lipinski definition) is 2. The van der Waals surface area contributed by atoms with Gasteiger partial charge < -0.3 is 19.9 Å². The Labute approximate surface area is 197 Å². The maximum Gasteiger partial charge on any atom is 0.522 e. The fourth-order valence-corrected chi connectivity index (χ4v) is 5.32. The molecule has 3 atom stereocenters. The molecule has 184 valence electrons. The van der Waals surface area contributed by atoms with Crippen molar-refractivity contribution >= 4 is 17.5 Å². The van der Waals surface area contributed by atoms with E-state index in [4.69, 9.17) is 21.1 Å². The molecule has 2 bridgehead atoms. The second-order valence-electron chi connectivity index (χ2n) is 9.37. The first kappa shape index (κ1) is 23.3. The fourth-order valence-electron chi connectivity index (χ4n) is 5.14. The lowest BCUT2D eigenvalue weighted by Gasteiger charge is -2.70. The van der Waals surface area contributed by atoms with Crippen LogP contribution in [0.15, 0.2) is 30.6 Å². The van der Waals surface area contributed by atoms with Crippen molar-refractivity contribution in [2.75, 3.05) is 6.61 Å². The number of alkyl halides is 3. The van der Waals surface area contributed by atoms with Crippen LogP contribution in [-0.2, 0) is 15.1 Å². The molecule has 2 aromatic rings. The normalized spacial score (nSPS) is 30.3. The number of carbonyl (C=O) groups excluding carboxylic acids is 1. The largest absolute Gasteiger partial charge is 0.522 e. The van der Waals surface area contributed by atoms with E-state index in [9.17, 15) is 23.1 Å². The molecule has 3 saturated carbocycles. The highest BCUT2D eigenvalue weighted by molar-refractivity contribution is 6.30. The van der Waals surface area contributed by atoms with Crippen molar-refractivity contribution in [3.8, 4) is 11.5 Å². The number of carbonyl (C=O) groups is 1. The Kier molecular flexibility index (Phi) is 5.49. The van der Waals surface area contributed by atoms with Gasteiger partial charge in [0.05, 0.1) is 30.6 Å². The van der Waals surface area contributed by atoms with E-state index in [1.807, 2.05) is 0 Å². The number of aliphatic hydroxyl groups is 1. The first-order valence-corrected chi connectivity index (χ1v) is 11.2. The first-order chi connectivity index (χ1) is 16.0. The Morgan fingerprint density at radius 3 is 2.85 bits per heavy atom. The van der Waals surface area contributed by atoms with Gasteiger partial charge in [0.25, 0.3) is 5.91 Å². The Hall–Kier alpha value is -2.50. The van der Waals surface area contributed by atoms with E-state index in [-0.39, 0.29) is 23.4 Å². The van der Waals surface area contributed by atoms with E-state index in [2.05, 4.69) is 15.2 Å². The monoisotopic (exact) mass is 501 g/mol. The van der Waals surface area contributed by atoms with Crippen LogP contribution in [-0.4, -0.2) is 51.5 Å². The van der Waals surface area contributed by atoms with Gasteiger partial charge in [0.15, 0.2) is 11.9 Å². The maximum absolute atomic E-state index is 12.8. The number of hydrogen-bond acceptors (Lipinski definition) is 6. The van der Waals surface area contributed by atoms with Crippen molar-refractivity contribution in [3.05, 3.63) is 41.2 Å². The number of ether oxygens (including phenoxy) is 3. The van der Waals surface area contributed by atoms with Crippen molar-refractivity contribution in [1.82, 2.24) is 15.1 Å². The highest BCUT2D eigenvalue weighted by atomic mass is 35.5. The van der Waals surface area contributed by atoms with Gasteiger partial charge in [-0.2, -0.15) is 5.10 Å². The number of amides is 1. The third-order valence-electron chi connectivity index (χ3n) is 6.58. The van der Waals surface area contributed by atoms with E-state index in [0.717, 1.165) is 0 Å². The summed E-state index contributed by atoms with van der Waals surface area (Å²) in [4.78, 5) is 12.8. The van der Waals surface area contributed by atoms with Crippen molar-refractivity contribution in [2.24, 2.45) is 0 Å². The molecule has 0 spiro atoms. The zero-order valence-electron chi connectivity index (χ0n) is 18.1. The number of nitrogens with zero attached hydrogens (tertiary/aromatic N) is 2. The maximum atomic E-state index is 12.8. The second-order valence-corrected chi connectivity index (χ2v) is 9.81. The SMILES string of the molecule is C[C@@H](COC(F)(F)F)Oc1cnn(C23CC(NC(=O)[C@H]4C[C@@H](O)c5cc(Cl)ccc5O4)(C2)C3)c1. The zero-order valence-corrected chi connectivity index (χ0v) is 18.9. The Balaban J connectivity index is 1.14. The highest BCUT2D eigenvalue weighted by Crippen LogP contribution is 2.65. The molecule has 34 heavy (non-hydrogen) atoms. The molecule has 1 aromatic heterocycles. The van der Waals surface area contributed by atoms with Gasteiger partial charge in [0, 0.05) is 22.5 Å². The zero-order chi connectivity index (χ0) is 24.3. The van der Waals surface area contributed by atoms with Crippen molar-refractivity contribution in [1.29, 1.82) is 0 Å². The third-order valence-corrected chi connectivity index (χ3v) is 6.82. The molecular formula is C22H23ClF3N3O5. The molecule has 3 aliphatic carbocycles. The van der Waals surface area contributed by atoms with Gasteiger partial charge in [-0.05, 0) is 44.4 Å². The molecule has 0 unspecified atom stereocenters. The van der Waals surface area contributed by atoms with Crippen molar-refractivity contribution < 1.29 is 37.3 Å². The van der Waals surface area contributed by atoms with E-state index >= 15 is 0 Å². The summed E-state index contributed by atoms with van der Waals surface area (Å²) >= 11 is 5.97. The molecule has 12 heteroatoms. The van der Waals surface area contributed by atoms with Crippen LogP contribution in [0.4, 0.5) is 13.2 Å². The van der Waals surface area contributed by atoms with Crippen LogP contribution >= 0.6 is 11.6 Å². The second kappa shape index (κ2) is 8.03. The van der Waals surface area contributed by atoms with Crippen LogP contribution in [0, 0.1) is 0 Å². The van der Waals surface area contributed by atoms with Gasteiger partial charge in [0.1, 0.15) is 11.9 Å². The number of aromatic nitrogens is 2. The summed E-state index contributed by atoms with van der Waals surface area (Å²) in [5.74, 6) is 0.511. The standard InChI is InChI=1S/C22H23ClF3N3O5/c1-12(8-32-22(24,25)26)33-14-6-27-29(7-14)21-9-20(10-21,11-21)28-19(31)18-5-16(30)15-4-13(23)2-3-17(15)34-18/h2-4,6-7,12,16,18,30H,5,8-11H2,1H3,(H,28,31)/t12-,16+,18+,20?,21?/m0/s1. The smallest absolute Gasteiger partial charge is 0.485 e. The van der Waals surface area contributed by atoms with Gasteiger partial charge in [-0.1, -0.05) is 11.6 Å². The predicted molar refractivity (Wildman–Crippen MR) is 112 cm³/mol.